The lowest BCUT2D eigenvalue weighted by atomic mass is 10.2. The van der Waals surface area contributed by atoms with Crippen LogP contribution in [0.4, 0.5) is 0 Å². The lowest BCUT2D eigenvalue weighted by Gasteiger charge is -2.16. The molecule has 2 fully saturated rings. The Balaban J connectivity index is 1.62. The molecular formula is C11H21NOS. The summed E-state index contributed by atoms with van der Waals surface area (Å²) in [5.41, 5.74) is 0. The molecule has 0 aromatic rings. The van der Waals surface area contributed by atoms with E-state index in [-0.39, 0.29) is 0 Å². The fourth-order valence-electron chi connectivity index (χ4n) is 2.15. The maximum Gasteiger partial charge on any atom is 0.0666 e. The summed E-state index contributed by atoms with van der Waals surface area (Å²) in [6, 6.07) is 0. The summed E-state index contributed by atoms with van der Waals surface area (Å²) in [5, 5.41) is 4.35. The number of thioether (sulfide) groups is 1. The standard InChI is InChI=1S/C11H21NOS/c1-2-6-12-8-11(5-1)14-9-10-4-3-7-13-10/h10-12H,1-9H2. The van der Waals surface area contributed by atoms with E-state index in [4.69, 9.17) is 4.74 Å². The minimum absolute atomic E-state index is 0.559. The third-order valence-electron chi connectivity index (χ3n) is 3.04. The van der Waals surface area contributed by atoms with E-state index in [1.165, 1.54) is 50.9 Å². The molecule has 0 aromatic heterocycles. The van der Waals surface area contributed by atoms with Crippen LogP contribution in [0, 0.1) is 0 Å². The minimum atomic E-state index is 0.559. The van der Waals surface area contributed by atoms with Gasteiger partial charge in [-0.25, -0.2) is 0 Å². The van der Waals surface area contributed by atoms with Crippen molar-refractivity contribution < 1.29 is 4.74 Å². The van der Waals surface area contributed by atoms with Crippen molar-refractivity contribution in [3.8, 4) is 0 Å². The van der Waals surface area contributed by atoms with Crippen LogP contribution in [-0.2, 0) is 4.74 Å². The van der Waals surface area contributed by atoms with Crippen LogP contribution < -0.4 is 5.32 Å². The smallest absolute Gasteiger partial charge is 0.0666 e. The van der Waals surface area contributed by atoms with Gasteiger partial charge in [0.05, 0.1) is 6.10 Å². The summed E-state index contributed by atoms with van der Waals surface area (Å²) in [5.74, 6) is 1.21. The summed E-state index contributed by atoms with van der Waals surface area (Å²) >= 11 is 2.12. The minimum Gasteiger partial charge on any atom is -0.377 e. The van der Waals surface area contributed by atoms with Crippen LogP contribution in [0.1, 0.15) is 32.1 Å². The van der Waals surface area contributed by atoms with Gasteiger partial charge in [0.15, 0.2) is 0 Å². The molecule has 0 amide bonds. The molecule has 3 heteroatoms. The van der Waals surface area contributed by atoms with Crippen molar-refractivity contribution in [2.24, 2.45) is 0 Å². The Morgan fingerprint density at radius 1 is 1.21 bits per heavy atom. The van der Waals surface area contributed by atoms with Crippen molar-refractivity contribution in [3.63, 3.8) is 0 Å². The van der Waals surface area contributed by atoms with Crippen LogP contribution >= 0.6 is 11.8 Å². The number of hydrogen-bond acceptors (Lipinski definition) is 3. The average Bonchev–Trinajstić information content (AvgIpc) is 2.58. The third-order valence-corrected chi connectivity index (χ3v) is 4.48. The van der Waals surface area contributed by atoms with Gasteiger partial charge in [-0.05, 0) is 32.2 Å². The summed E-state index contributed by atoms with van der Waals surface area (Å²) in [7, 11) is 0. The second kappa shape index (κ2) is 5.99. The highest BCUT2D eigenvalue weighted by Gasteiger charge is 2.18. The lowest BCUT2D eigenvalue weighted by molar-refractivity contribution is 0.129. The van der Waals surface area contributed by atoms with Crippen LogP contribution in [-0.4, -0.2) is 36.8 Å². The van der Waals surface area contributed by atoms with Crippen molar-refractivity contribution >= 4 is 11.8 Å². The van der Waals surface area contributed by atoms with Crippen molar-refractivity contribution in [2.75, 3.05) is 25.4 Å². The Hall–Kier alpha value is 0.270. The van der Waals surface area contributed by atoms with E-state index in [0.29, 0.717) is 6.10 Å². The van der Waals surface area contributed by atoms with Gasteiger partial charge in [0, 0.05) is 24.2 Å². The lowest BCUT2D eigenvalue weighted by Crippen LogP contribution is -2.23. The van der Waals surface area contributed by atoms with Gasteiger partial charge in [-0.3, -0.25) is 0 Å². The van der Waals surface area contributed by atoms with E-state index >= 15 is 0 Å². The normalized spacial score (nSPS) is 34.3. The SMILES string of the molecule is C1CCC(SCC2CCCO2)CNC1. The van der Waals surface area contributed by atoms with E-state index < -0.39 is 0 Å². The van der Waals surface area contributed by atoms with Crippen LogP contribution in [0.3, 0.4) is 0 Å². The molecule has 14 heavy (non-hydrogen) atoms. The van der Waals surface area contributed by atoms with E-state index in [1.54, 1.807) is 0 Å². The molecule has 0 saturated carbocycles. The molecule has 0 bridgehead atoms. The van der Waals surface area contributed by atoms with E-state index in [2.05, 4.69) is 17.1 Å². The van der Waals surface area contributed by atoms with Crippen LogP contribution in [0.15, 0.2) is 0 Å². The van der Waals surface area contributed by atoms with E-state index in [9.17, 15) is 0 Å². The maximum atomic E-state index is 5.63. The van der Waals surface area contributed by atoms with Gasteiger partial charge in [0.2, 0.25) is 0 Å². The molecule has 2 atom stereocenters. The molecule has 2 aliphatic rings. The number of hydrogen-bond donors (Lipinski definition) is 1. The van der Waals surface area contributed by atoms with Crippen molar-refractivity contribution in [1.29, 1.82) is 0 Å². The summed E-state index contributed by atoms with van der Waals surface area (Å²) in [4.78, 5) is 0. The predicted molar refractivity (Wildman–Crippen MR) is 61.9 cm³/mol. The van der Waals surface area contributed by atoms with Gasteiger partial charge >= 0.3 is 0 Å². The second-order valence-electron chi connectivity index (χ2n) is 4.29. The third kappa shape index (κ3) is 3.44. The first-order valence-corrected chi connectivity index (χ1v) is 6.94. The Bertz CT molecular complexity index is 151. The van der Waals surface area contributed by atoms with Gasteiger partial charge in [0.25, 0.3) is 0 Å². The van der Waals surface area contributed by atoms with Crippen molar-refractivity contribution in [3.05, 3.63) is 0 Å². The largest absolute Gasteiger partial charge is 0.377 e. The molecule has 2 heterocycles. The van der Waals surface area contributed by atoms with Crippen LogP contribution in [0.25, 0.3) is 0 Å². The van der Waals surface area contributed by atoms with Gasteiger partial charge < -0.3 is 10.1 Å². The zero-order valence-electron chi connectivity index (χ0n) is 8.84. The molecule has 0 aromatic carbocycles. The van der Waals surface area contributed by atoms with Crippen molar-refractivity contribution in [2.45, 2.75) is 43.5 Å². The summed E-state index contributed by atoms with van der Waals surface area (Å²) in [6.07, 6.45) is 7.27. The van der Waals surface area contributed by atoms with Crippen molar-refractivity contribution in [1.82, 2.24) is 5.32 Å². The van der Waals surface area contributed by atoms with Gasteiger partial charge in [-0.2, -0.15) is 11.8 Å². The molecule has 2 aliphatic heterocycles. The molecule has 0 spiro atoms. The Kier molecular flexibility index (Phi) is 4.61. The molecule has 2 saturated heterocycles. The summed E-state index contributed by atoms with van der Waals surface area (Å²) < 4.78 is 5.63. The van der Waals surface area contributed by atoms with Crippen LogP contribution in [0.2, 0.25) is 0 Å². The predicted octanol–water partition coefficient (Wildman–Crippen LogP) is 2.04. The fourth-order valence-corrected chi connectivity index (χ4v) is 3.47. The average molecular weight is 215 g/mol. The molecule has 82 valence electrons. The van der Waals surface area contributed by atoms with Gasteiger partial charge in [-0.15, -0.1) is 0 Å². The molecule has 1 N–H and O–H groups in total. The molecule has 2 rings (SSSR count). The number of rotatable bonds is 3. The zero-order valence-corrected chi connectivity index (χ0v) is 9.65. The zero-order chi connectivity index (χ0) is 9.64. The molecule has 2 unspecified atom stereocenters. The monoisotopic (exact) mass is 215 g/mol. The maximum absolute atomic E-state index is 5.63. The topological polar surface area (TPSA) is 21.3 Å². The van der Waals surface area contributed by atoms with E-state index in [0.717, 1.165) is 11.9 Å². The second-order valence-corrected chi connectivity index (χ2v) is 5.62. The first-order valence-electron chi connectivity index (χ1n) is 5.89. The van der Waals surface area contributed by atoms with Gasteiger partial charge in [-0.1, -0.05) is 6.42 Å². The Morgan fingerprint density at radius 3 is 3.07 bits per heavy atom. The number of ether oxygens (including phenoxy) is 1. The fraction of sp³-hybridized carbons (Fsp3) is 1.00. The highest BCUT2D eigenvalue weighted by Crippen LogP contribution is 2.23. The van der Waals surface area contributed by atoms with E-state index in [1.807, 2.05) is 0 Å². The first kappa shape index (κ1) is 10.8. The number of nitrogens with one attached hydrogen (secondary N) is 1. The molecule has 2 nitrogen and oxygen atoms in total. The molecule has 0 radical (unpaired) electrons. The molecule has 0 aliphatic carbocycles. The quantitative estimate of drug-likeness (QED) is 0.778. The highest BCUT2D eigenvalue weighted by molar-refractivity contribution is 7.99. The first-order chi connectivity index (χ1) is 6.95. The molecular weight excluding hydrogens is 194 g/mol. The Morgan fingerprint density at radius 2 is 2.21 bits per heavy atom. The summed E-state index contributed by atoms with van der Waals surface area (Å²) in [6.45, 7) is 3.42. The highest BCUT2D eigenvalue weighted by atomic mass is 32.2. The Labute approximate surface area is 91.2 Å². The van der Waals surface area contributed by atoms with Crippen LogP contribution in [0.5, 0.6) is 0 Å². The van der Waals surface area contributed by atoms with Gasteiger partial charge in [0.1, 0.15) is 0 Å².